The predicted molar refractivity (Wildman–Crippen MR) is 133 cm³/mol. The molecule has 0 amide bonds. The number of epoxide rings is 2. The fourth-order valence-corrected chi connectivity index (χ4v) is 4.74. The molecule has 0 N–H and O–H groups in total. The van der Waals surface area contributed by atoms with Crippen LogP contribution in [0.25, 0.3) is 0 Å². The highest BCUT2D eigenvalue weighted by molar-refractivity contribution is 5.47. The van der Waals surface area contributed by atoms with Crippen LogP contribution in [0.1, 0.15) is 71.9 Å². The quantitative estimate of drug-likeness (QED) is 0.245. The van der Waals surface area contributed by atoms with E-state index in [0.717, 1.165) is 57.2 Å². The first-order valence-electron chi connectivity index (χ1n) is 12.7. The predicted octanol–water partition coefficient (Wildman–Crippen LogP) is 6.41. The van der Waals surface area contributed by atoms with Crippen LogP contribution in [0.2, 0.25) is 0 Å². The third-order valence-corrected chi connectivity index (χ3v) is 6.59. The summed E-state index contributed by atoms with van der Waals surface area (Å²) in [5, 5.41) is 0. The third kappa shape index (κ3) is 7.48. The molecule has 4 rings (SSSR count). The second-order valence-corrected chi connectivity index (χ2v) is 9.89. The highest BCUT2D eigenvalue weighted by Gasteiger charge is 2.21. The lowest BCUT2D eigenvalue weighted by Gasteiger charge is -2.16. The van der Waals surface area contributed by atoms with E-state index in [1.807, 2.05) is 0 Å². The largest absolute Gasteiger partial charge is 0.493 e. The molecule has 4 nitrogen and oxygen atoms in total. The molecule has 0 saturated carbocycles. The fraction of sp³-hybridized carbons (Fsp3) is 0.586. The van der Waals surface area contributed by atoms with Crippen LogP contribution in [0.15, 0.2) is 24.3 Å². The van der Waals surface area contributed by atoms with Gasteiger partial charge < -0.3 is 18.9 Å². The molecule has 0 bridgehead atoms. The van der Waals surface area contributed by atoms with Gasteiger partial charge in [-0.1, -0.05) is 24.3 Å². The van der Waals surface area contributed by atoms with Crippen LogP contribution in [0.5, 0.6) is 11.5 Å². The van der Waals surface area contributed by atoms with E-state index in [0.29, 0.717) is 12.2 Å². The molecule has 2 fully saturated rings. The van der Waals surface area contributed by atoms with Crippen LogP contribution in [-0.2, 0) is 15.9 Å². The first-order chi connectivity index (χ1) is 16.0. The summed E-state index contributed by atoms with van der Waals surface area (Å²) in [6.07, 6.45) is 8.82. The van der Waals surface area contributed by atoms with Gasteiger partial charge in [-0.3, -0.25) is 0 Å². The monoisotopic (exact) mass is 452 g/mol. The Morgan fingerprint density at radius 1 is 0.636 bits per heavy atom. The van der Waals surface area contributed by atoms with Gasteiger partial charge >= 0.3 is 0 Å². The standard InChI is InChI=1S/C29H40O4/c1-20-13-24(14-21(2)28(20)30-11-7-5-9-26-18-32-26)17-25-15-22(3)29(23(4)16-25)31-12-8-6-10-27-19-33-27/h13-16,26-27H,5-12,17-19H2,1-4H3. The summed E-state index contributed by atoms with van der Waals surface area (Å²) in [6.45, 7) is 12.1. The fourth-order valence-electron chi connectivity index (χ4n) is 4.74. The smallest absolute Gasteiger partial charge is 0.125 e. The Bertz CT molecular complexity index is 806. The van der Waals surface area contributed by atoms with Gasteiger partial charge in [-0.2, -0.15) is 0 Å². The van der Waals surface area contributed by atoms with Gasteiger partial charge in [-0.25, -0.2) is 0 Å². The lowest BCUT2D eigenvalue weighted by atomic mass is 9.97. The third-order valence-electron chi connectivity index (χ3n) is 6.59. The number of unbranched alkanes of at least 4 members (excludes halogenated alkanes) is 2. The van der Waals surface area contributed by atoms with Gasteiger partial charge in [0.25, 0.3) is 0 Å². The van der Waals surface area contributed by atoms with E-state index in [9.17, 15) is 0 Å². The van der Waals surface area contributed by atoms with E-state index < -0.39 is 0 Å². The van der Waals surface area contributed by atoms with E-state index in [2.05, 4.69) is 52.0 Å². The molecular weight excluding hydrogens is 412 g/mol. The van der Waals surface area contributed by atoms with E-state index in [1.54, 1.807) is 0 Å². The van der Waals surface area contributed by atoms with Crippen molar-refractivity contribution >= 4 is 0 Å². The first kappa shape index (κ1) is 24.1. The van der Waals surface area contributed by atoms with Crippen molar-refractivity contribution in [2.24, 2.45) is 0 Å². The maximum absolute atomic E-state index is 6.14. The summed E-state index contributed by atoms with van der Waals surface area (Å²) in [5.74, 6) is 2.09. The van der Waals surface area contributed by atoms with Gasteiger partial charge in [0.05, 0.1) is 38.6 Å². The molecule has 4 heteroatoms. The normalized spacial score (nSPS) is 18.9. The average Bonchev–Trinajstić information content (AvgIpc) is 3.66. The summed E-state index contributed by atoms with van der Waals surface area (Å²) in [4.78, 5) is 0. The molecule has 2 aliphatic rings. The molecule has 2 aliphatic heterocycles. The minimum Gasteiger partial charge on any atom is -0.493 e. The number of benzene rings is 2. The Labute approximate surface area is 199 Å². The van der Waals surface area contributed by atoms with Gasteiger partial charge in [0, 0.05) is 0 Å². The second kappa shape index (κ2) is 11.4. The number of rotatable bonds is 14. The Balaban J connectivity index is 1.29. The molecule has 2 unspecified atom stereocenters. The molecule has 33 heavy (non-hydrogen) atoms. The number of ether oxygens (including phenoxy) is 4. The first-order valence-corrected chi connectivity index (χ1v) is 12.7. The number of hydrogen-bond donors (Lipinski definition) is 0. The molecule has 180 valence electrons. The topological polar surface area (TPSA) is 43.5 Å². The molecule has 2 aromatic carbocycles. The molecule has 2 aromatic rings. The maximum atomic E-state index is 6.14. The zero-order valence-corrected chi connectivity index (χ0v) is 20.9. The van der Waals surface area contributed by atoms with E-state index in [1.165, 1.54) is 59.1 Å². The van der Waals surface area contributed by atoms with Gasteiger partial charge in [-0.15, -0.1) is 0 Å². The minimum atomic E-state index is 0.521. The number of aryl methyl sites for hydroxylation is 4. The van der Waals surface area contributed by atoms with Gasteiger partial charge in [0.2, 0.25) is 0 Å². The van der Waals surface area contributed by atoms with Gasteiger partial charge in [-0.05, 0) is 106 Å². The minimum absolute atomic E-state index is 0.521. The number of hydrogen-bond acceptors (Lipinski definition) is 4. The highest BCUT2D eigenvalue weighted by atomic mass is 16.6. The molecule has 2 heterocycles. The van der Waals surface area contributed by atoms with E-state index in [4.69, 9.17) is 18.9 Å². The maximum Gasteiger partial charge on any atom is 0.125 e. The highest BCUT2D eigenvalue weighted by Crippen LogP contribution is 2.29. The van der Waals surface area contributed by atoms with Crippen molar-refractivity contribution in [3.8, 4) is 11.5 Å². The van der Waals surface area contributed by atoms with Gasteiger partial charge in [0.1, 0.15) is 11.5 Å². The summed E-state index contributed by atoms with van der Waals surface area (Å²) in [7, 11) is 0. The van der Waals surface area contributed by atoms with Crippen molar-refractivity contribution < 1.29 is 18.9 Å². The van der Waals surface area contributed by atoms with Crippen molar-refractivity contribution in [2.75, 3.05) is 26.4 Å². The summed E-state index contributed by atoms with van der Waals surface area (Å²) in [5.41, 5.74) is 7.55. The Kier molecular flexibility index (Phi) is 8.32. The summed E-state index contributed by atoms with van der Waals surface area (Å²) >= 11 is 0. The van der Waals surface area contributed by atoms with E-state index in [-0.39, 0.29) is 0 Å². The molecule has 0 spiro atoms. The second-order valence-electron chi connectivity index (χ2n) is 9.89. The van der Waals surface area contributed by atoms with Crippen molar-refractivity contribution in [3.63, 3.8) is 0 Å². The van der Waals surface area contributed by atoms with Gasteiger partial charge in [0.15, 0.2) is 0 Å². The molecular formula is C29H40O4. The molecule has 0 radical (unpaired) electrons. The van der Waals surface area contributed by atoms with Crippen molar-refractivity contribution in [2.45, 2.75) is 84.8 Å². The summed E-state index contributed by atoms with van der Waals surface area (Å²) in [6, 6.07) is 9.11. The van der Waals surface area contributed by atoms with Crippen LogP contribution in [0.4, 0.5) is 0 Å². The van der Waals surface area contributed by atoms with Crippen molar-refractivity contribution in [1.29, 1.82) is 0 Å². The van der Waals surface area contributed by atoms with Crippen LogP contribution in [-0.4, -0.2) is 38.6 Å². The average molecular weight is 453 g/mol. The zero-order chi connectivity index (χ0) is 23.2. The Morgan fingerprint density at radius 3 is 1.33 bits per heavy atom. The molecule has 0 aromatic heterocycles. The molecule has 2 atom stereocenters. The SMILES string of the molecule is Cc1cc(Cc2cc(C)c(OCCCCC3CO3)c(C)c2)cc(C)c1OCCCCC1CO1. The van der Waals surface area contributed by atoms with Crippen molar-refractivity contribution in [1.82, 2.24) is 0 Å². The van der Waals surface area contributed by atoms with E-state index >= 15 is 0 Å². The lowest BCUT2D eigenvalue weighted by molar-refractivity contribution is 0.296. The van der Waals surface area contributed by atoms with Crippen LogP contribution < -0.4 is 9.47 Å². The molecule has 2 saturated heterocycles. The van der Waals surface area contributed by atoms with Crippen LogP contribution >= 0.6 is 0 Å². The van der Waals surface area contributed by atoms with Crippen LogP contribution in [0.3, 0.4) is 0 Å². The lowest BCUT2D eigenvalue weighted by Crippen LogP contribution is -2.04. The Morgan fingerprint density at radius 2 is 1.00 bits per heavy atom. The Hall–Kier alpha value is -2.04. The summed E-state index contributed by atoms with van der Waals surface area (Å²) < 4.78 is 22.8. The zero-order valence-electron chi connectivity index (χ0n) is 20.9. The van der Waals surface area contributed by atoms with Crippen LogP contribution in [0, 0.1) is 27.7 Å². The molecule has 0 aliphatic carbocycles. The van der Waals surface area contributed by atoms with Crippen molar-refractivity contribution in [3.05, 3.63) is 57.6 Å².